The first-order chi connectivity index (χ1) is 27.3. The summed E-state index contributed by atoms with van der Waals surface area (Å²) >= 11 is 1.90. The highest BCUT2D eigenvalue weighted by atomic mass is 32.2. The molecule has 0 unspecified atom stereocenters. The Balaban J connectivity index is 1.10. The topological polar surface area (TPSA) is 27.2 Å². The Bertz CT molecular complexity index is 3390. The first-order valence-corrected chi connectivity index (χ1v) is 19.6. The van der Waals surface area contributed by atoms with Crippen molar-refractivity contribution in [1.82, 2.24) is 18.5 Å². The van der Waals surface area contributed by atoms with Crippen molar-refractivity contribution in [3.05, 3.63) is 204 Å². The Morgan fingerprint density at radius 2 is 1.05 bits per heavy atom. The molecule has 0 amide bonds. The molecule has 8 aromatic carbocycles. The summed E-state index contributed by atoms with van der Waals surface area (Å²) in [6, 6.07) is 67.0. The summed E-state index contributed by atoms with van der Waals surface area (Å²) < 4.78 is 7.11. The van der Waals surface area contributed by atoms with Crippen LogP contribution in [-0.2, 0) is 5.41 Å². The molecule has 0 atom stereocenters. The highest BCUT2D eigenvalue weighted by molar-refractivity contribution is 7.99. The van der Waals surface area contributed by atoms with Crippen LogP contribution in [-0.4, -0.2) is 18.5 Å². The monoisotopic (exact) mass is 718 g/mol. The van der Waals surface area contributed by atoms with Gasteiger partial charge in [0.1, 0.15) is 0 Å². The second-order valence-electron chi connectivity index (χ2n) is 14.7. The van der Waals surface area contributed by atoms with E-state index in [1.54, 1.807) is 0 Å². The zero-order chi connectivity index (χ0) is 35.8. The first-order valence-electron chi connectivity index (χ1n) is 18.8. The molecule has 5 heteroatoms. The van der Waals surface area contributed by atoms with Crippen LogP contribution >= 0.6 is 11.8 Å². The summed E-state index contributed by atoms with van der Waals surface area (Å²) in [7, 11) is 0. The van der Waals surface area contributed by atoms with Gasteiger partial charge >= 0.3 is 0 Å². The fraction of sp³-hybridized carbons (Fsp3) is 0.0200. The number of rotatable bonds is 2. The van der Waals surface area contributed by atoms with Crippen LogP contribution in [0.15, 0.2) is 192 Å². The van der Waals surface area contributed by atoms with Crippen molar-refractivity contribution in [3.63, 3.8) is 0 Å². The summed E-state index contributed by atoms with van der Waals surface area (Å²) in [5, 5.41) is 2.44. The molecule has 0 radical (unpaired) electrons. The molecule has 0 saturated heterocycles. The van der Waals surface area contributed by atoms with Gasteiger partial charge in [0.15, 0.2) is 0 Å². The van der Waals surface area contributed by atoms with E-state index in [-0.39, 0.29) is 0 Å². The van der Waals surface area contributed by atoms with Gasteiger partial charge in [0.05, 0.1) is 44.2 Å². The SMILES string of the molecule is c1ccc2c(c1)Sc1c(-n3c4ccccc4c4cc(-n5c6ccccc6n6c7ccccc7nc56)ccc43)cccc1C21c2ccccc2-c2ccccc21. The maximum Gasteiger partial charge on any atom is 0.220 e. The molecule has 0 saturated carbocycles. The van der Waals surface area contributed by atoms with Crippen molar-refractivity contribution < 1.29 is 0 Å². The number of aromatic nitrogens is 4. The lowest BCUT2D eigenvalue weighted by atomic mass is 9.67. The molecule has 13 rings (SSSR count). The van der Waals surface area contributed by atoms with Crippen molar-refractivity contribution in [3.8, 4) is 22.5 Å². The van der Waals surface area contributed by atoms with Crippen molar-refractivity contribution in [2.75, 3.05) is 0 Å². The second kappa shape index (κ2) is 10.7. The van der Waals surface area contributed by atoms with Crippen molar-refractivity contribution in [2.24, 2.45) is 0 Å². The van der Waals surface area contributed by atoms with Crippen molar-refractivity contribution >= 4 is 61.4 Å². The molecular weight excluding hydrogens is 689 g/mol. The van der Waals surface area contributed by atoms with Gasteiger partial charge in [-0.25, -0.2) is 4.98 Å². The van der Waals surface area contributed by atoms with E-state index in [4.69, 9.17) is 4.98 Å². The Labute approximate surface area is 320 Å². The number of fused-ring (bicyclic) bond motifs is 17. The Kier molecular flexibility index (Phi) is 5.74. The fourth-order valence-electron chi connectivity index (χ4n) is 10.0. The highest BCUT2D eigenvalue weighted by Crippen LogP contribution is 2.63. The quantitative estimate of drug-likeness (QED) is 0.178. The van der Waals surface area contributed by atoms with E-state index < -0.39 is 5.41 Å². The van der Waals surface area contributed by atoms with Gasteiger partial charge in [-0.05, 0) is 94.0 Å². The van der Waals surface area contributed by atoms with Crippen molar-refractivity contribution in [2.45, 2.75) is 15.2 Å². The van der Waals surface area contributed by atoms with Gasteiger partial charge in [-0.2, -0.15) is 0 Å². The highest BCUT2D eigenvalue weighted by Gasteiger charge is 2.50. The minimum atomic E-state index is -0.430. The predicted molar refractivity (Wildman–Crippen MR) is 225 cm³/mol. The lowest BCUT2D eigenvalue weighted by Crippen LogP contribution is -2.32. The molecular formula is C50H30N4S. The molecule has 4 nitrogen and oxygen atoms in total. The maximum atomic E-state index is 5.18. The maximum absolute atomic E-state index is 5.18. The molecule has 3 aromatic heterocycles. The first kappa shape index (κ1) is 29.6. The van der Waals surface area contributed by atoms with E-state index in [9.17, 15) is 0 Å². The summed E-state index contributed by atoms with van der Waals surface area (Å²) in [6.07, 6.45) is 0. The van der Waals surface area contributed by atoms with Crippen molar-refractivity contribution in [1.29, 1.82) is 0 Å². The van der Waals surface area contributed by atoms with Crippen LogP contribution in [0.1, 0.15) is 22.3 Å². The largest absolute Gasteiger partial charge is 0.308 e. The standard InChI is InChI=1S/C50H30N4S/c1-4-17-36-32(14-1)33-15-2-5-18-37(33)50(36)38-19-6-12-27-47(38)55-48-39(50)20-13-26-46(48)53-41-22-8-3-16-34(41)35-30-31(28-29-42(35)53)52-44-24-10-11-25-45(44)54-43-23-9-7-21-40(43)51-49(52)54/h1-30H. The van der Waals surface area contributed by atoms with Crippen LogP contribution in [0.4, 0.5) is 0 Å². The molecule has 1 spiro atoms. The second-order valence-corrected chi connectivity index (χ2v) is 15.8. The van der Waals surface area contributed by atoms with E-state index in [1.165, 1.54) is 70.7 Å². The number of imidazole rings is 2. The summed E-state index contributed by atoms with van der Waals surface area (Å²) in [6.45, 7) is 0. The zero-order valence-corrected chi connectivity index (χ0v) is 30.3. The number of nitrogens with zero attached hydrogens (tertiary/aromatic N) is 4. The van der Waals surface area contributed by atoms with Gasteiger partial charge in [0.2, 0.25) is 5.78 Å². The molecule has 1 aliphatic heterocycles. The summed E-state index contributed by atoms with van der Waals surface area (Å²) in [5.41, 5.74) is 16.6. The number of hydrogen-bond donors (Lipinski definition) is 0. The molecule has 55 heavy (non-hydrogen) atoms. The Hall–Kier alpha value is -6.82. The smallest absolute Gasteiger partial charge is 0.220 e. The van der Waals surface area contributed by atoms with Gasteiger partial charge in [-0.15, -0.1) is 0 Å². The van der Waals surface area contributed by atoms with E-state index >= 15 is 0 Å². The summed E-state index contributed by atoms with van der Waals surface area (Å²) in [4.78, 5) is 7.77. The van der Waals surface area contributed by atoms with E-state index in [1.807, 2.05) is 11.8 Å². The van der Waals surface area contributed by atoms with Gasteiger partial charge < -0.3 is 4.57 Å². The third-order valence-electron chi connectivity index (χ3n) is 12.1. The van der Waals surface area contributed by atoms with Crippen LogP contribution < -0.4 is 0 Å². The Morgan fingerprint density at radius 3 is 1.87 bits per heavy atom. The van der Waals surface area contributed by atoms with Crippen LogP contribution in [0, 0.1) is 0 Å². The normalized spacial score (nSPS) is 13.9. The minimum Gasteiger partial charge on any atom is -0.308 e. The van der Waals surface area contributed by atoms with Gasteiger partial charge in [-0.3, -0.25) is 8.97 Å². The number of para-hydroxylation sites is 5. The molecule has 0 bridgehead atoms. The number of benzene rings is 8. The van der Waals surface area contributed by atoms with Crippen LogP contribution in [0.3, 0.4) is 0 Å². The average Bonchev–Trinajstić information content (AvgIpc) is 3.96. The third kappa shape index (κ3) is 3.66. The molecule has 4 heterocycles. The van der Waals surface area contributed by atoms with E-state index in [0.29, 0.717) is 0 Å². The molecule has 0 fully saturated rings. The van der Waals surface area contributed by atoms with Gasteiger partial charge in [0, 0.05) is 26.3 Å². The number of hydrogen-bond acceptors (Lipinski definition) is 2. The van der Waals surface area contributed by atoms with Crippen LogP contribution in [0.2, 0.25) is 0 Å². The van der Waals surface area contributed by atoms with Gasteiger partial charge in [0.25, 0.3) is 0 Å². The molecule has 11 aromatic rings. The van der Waals surface area contributed by atoms with Crippen LogP contribution in [0.5, 0.6) is 0 Å². The zero-order valence-electron chi connectivity index (χ0n) is 29.5. The average molecular weight is 719 g/mol. The van der Waals surface area contributed by atoms with Gasteiger partial charge in [-0.1, -0.05) is 133 Å². The molecule has 256 valence electrons. The Morgan fingerprint density at radius 1 is 0.436 bits per heavy atom. The lowest BCUT2D eigenvalue weighted by Gasteiger charge is -2.40. The molecule has 1 aliphatic carbocycles. The fourth-order valence-corrected chi connectivity index (χ4v) is 11.3. The lowest BCUT2D eigenvalue weighted by molar-refractivity contribution is 0.720. The minimum absolute atomic E-state index is 0.430. The molecule has 0 N–H and O–H groups in total. The predicted octanol–water partition coefficient (Wildman–Crippen LogP) is 12.4. The van der Waals surface area contributed by atoms with E-state index in [2.05, 4.69) is 196 Å². The third-order valence-corrected chi connectivity index (χ3v) is 13.3. The summed E-state index contributed by atoms with van der Waals surface area (Å²) in [5.74, 6) is 0.917. The molecule has 2 aliphatic rings. The van der Waals surface area contributed by atoms with Crippen LogP contribution in [0.25, 0.3) is 72.2 Å². The van der Waals surface area contributed by atoms with E-state index in [0.717, 1.165) is 33.5 Å².